The Morgan fingerprint density at radius 3 is 2.52 bits per heavy atom. The van der Waals surface area contributed by atoms with Gasteiger partial charge in [-0.3, -0.25) is 0 Å². The molecule has 1 fully saturated rings. The van der Waals surface area contributed by atoms with Crippen molar-refractivity contribution in [3.8, 4) is 6.19 Å². The van der Waals surface area contributed by atoms with E-state index in [4.69, 9.17) is 5.73 Å². The van der Waals surface area contributed by atoms with E-state index in [0.29, 0.717) is 12.1 Å². The normalized spacial score (nSPS) is 23.5. The first-order valence-electron chi connectivity index (χ1n) is 7.38. The van der Waals surface area contributed by atoms with E-state index in [1.165, 1.54) is 9.96 Å². The average molecular weight is 380 g/mol. The summed E-state index contributed by atoms with van der Waals surface area (Å²) in [5.74, 6) is 0.114. The van der Waals surface area contributed by atoms with E-state index in [1.807, 2.05) is 45.9 Å². The standard InChI is InChI=1S/C16H22BrN5O/c1-15(2)9-13(16(3,4)22(15)23)20-14(19)21(10-18)12-8-6-5-7-11(12)17/h5-8,13,23H,9H2,1-4H3,(H2,19,20). The molecule has 0 spiro atoms. The second-order valence-corrected chi connectivity index (χ2v) is 7.73. The Labute approximate surface area is 145 Å². The predicted molar refractivity (Wildman–Crippen MR) is 94.0 cm³/mol. The van der Waals surface area contributed by atoms with Crippen LogP contribution >= 0.6 is 15.9 Å². The van der Waals surface area contributed by atoms with Crippen molar-refractivity contribution in [2.45, 2.75) is 51.2 Å². The van der Waals surface area contributed by atoms with E-state index in [1.54, 1.807) is 6.07 Å². The number of hydrogen-bond donors (Lipinski definition) is 2. The summed E-state index contributed by atoms with van der Waals surface area (Å²) >= 11 is 3.42. The molecule has 1 heterocycles. The Morgan fingerprint density at radius 2 is 2.04 bits per heavy atom. The Bertz CT molecular complexity index is 665. The lowest BCUT2D eigenvalue weighted by Gasteiger charge is -2.35. The molecular weight excluding hydrogens is 358 g/mol. The number of halogens is 1. The van der Waals surface area contributed by atoms with Crippen molar-refractivity contribution in [2.75, 3.05) is 4.90 Å². The maximum Gasteiger partial charge on any atom is 0.209 e. The number of guanidine groups is 1. The molecule has 0 bridgehead atoms. The lowest BCUT2D eigenvalue weighted by molar-refractivity contribution is -0.193. The SMILES string of the molecule is CC1(C)CC(N=C(N)N(C#N)c2ccccc2Br)C(C)(C)N1O. The second kappa shape index (κ2) is 6.11. The Kier molecular flexibility index (Phi) is 4.71. The van der Waals surface area contributed by atoms with Crippen LogP contribution in [0.4, 0.5) is 5.69 Å². The van der Waals surface area contributed by atoms with Gasteiger partial charge in [-0.2, -0.15) is 10.3 Å². The molecule has 7 heteroatoms. The molecule has 0 radical (unpaired) electrons. The third-order valence-electron chi connectivity index (χ3n) is 4.34. The van der Waals surface area contributed by atoms with Crippen LogP contribution in [0, 0.1) is 11.5 Å². The van der Waals surface area contributed by atoms with E-state index >= 15 is 0 Å². The highest BCUT2D eigenvalue weighted by molar-refractivity contribution is 9.10. The zero-order valence-electron chi connectivity index (χ0n) is 13.8. The Balaban J connectivity index is 2.36. The van der Waals surface area contributed by atoms with E-state index in [9.17, 15) is 10.5 Å². The highest BCUT2D eigenvalue weighted by atomic mass is 79.9. The monoisotopic (exact) mass is 379 g/mol. The van der Waals surface area contributed by atoms with Crippen molar-refractivity contribution >= 4 is 27.6 Å². The smallest absolute Gasteiger partial charge is 0.209 e. The number of aliphatic imine (C=N–C) groups is 1. The average Bonchev–Trinajstić information content (AvgIpc) is 2.62. The van der Waals surface area contributed by atoms with E-state index in [-0.39, 0.29) is 12.0 Å². The van der Waals surface area contributed by atoms with Gasteiger partial charge in [0.05, 0.1) is 17.3 Å². The van der Waals surface area contributed by atoms with Crippen LogP contribution in [-0.4, -0.2) is 33.3 Å². The quantitative estimate of drug-likeness (QED) is 0.356. The molecule has 1 aromatic carbocycles. The minimum atomic E-state index is -0.566. The van der Waals surface area contributed by atoms with Crippen LogP contribution in [-0.2, 0) is 0 Å². The van der Waals surface area contributed by atoms with Crippen LogP contribution in [0.1, 0.15) is 34.1 Å². The Morgan fingerprint density at radius 1 is 1.43 bits per heavy atom. The van der Waals surface area contributed by atoms with Crippen LogP contribution < -0.4 is 10.6 Å². The highest BCUT2D eigenvalue weighted by Gasteiger charge is 2.51. The third-order valence-corrected chi connectivity index (χ3v) is 5.01. The molecule has 0 amide bonds. The molecule has 0 aromatic heterocycles. The number of nitrogens with zero attached hydrogens (tertiary/aromatic N) is 4. The molecule has 124 valence electrons. The van der Waals surface area contributed by atoms with Crippen molar-refractivity contribution in [3.05, 3.63) is 28.7 Å². The number of para-hydroxylation sites is 1. The third kappa shape index (κ3) is 3.20. The van der Waals surface area contributed by atoms with Crippen LogP contribution in [0.25, 0.3) is 0 Å². The molecule has 0 aliphatic carbocycles. The minimum Gasteiger partial charge on any atom is -0.369 e. The largest absolute Gasteiger partial charge is 0.369 e. The number of anilines is 1. The summed E-state index contributed by atoms with van der Waals surface area (Å²) in [6.45, 7) is 7.74. The molecule has 6 nitrogen and oxygen atoms in total. The summed E-state index contributed by atoms with van der Waals surface area (Å²) < 4.78 is 0.759. The Hall–Kier alpha value is -1.62. The highest BCUT2D eigenvalue weighted by Crippen LogP contribution is 2.41. The number of nitriles is 1. The van der Waals surface area contributed by atoms with Crippen molar-refractivity contribution in [3.63, 3.8) is 0 Å². The van der Waals surface area contributed by atoms with Gasteiger partial charge in [0.15, 0.2) is 6.19 Å². The first kappa shape index (κ1) is 17.7. The number of hydroxylamine groups is 2. The van der Waals surface area contributed by atoms with Gasteiger partial charge in [-0.15, -0.1) is 0 Å². The lowest BCUT2D eigenvalue weighted by atomic mass is 9.95. The van der Waals surface area contributed by atoms with Gasteiger partial charge in [0, 0.05) is 10.0 Å². The van der Waals surface area contributed by atoms with Gasteiger partial charge in [-0.25, -0.2) is 9.89 Å². The van der Waals surface area contributed by atoms with Crippen molar-refractivity contribution < 1.29 is 5.21 Å². The van der Waals surface area contributed by atoms with Gasteiger partial charge in [0.1, 0.15) is 0 Å². The van der Waals surface area contributed by atoms with Gasteiger partial charge in [0.25, 0.3) is 0 Å². The molecule has 0 saturated carbocycles. The van der Waals surface area contributed by atoms with E-state index in [0.717, 1.165) is 4.47 Å². The summed E-state index contributed by atoms with van der Waals surface area (Å²) in [6, 6.07) is 7.10. The predicted octanol–water partition coefficient (Wildman–Crippen LogP) is 3.07. The first-order chi connectivity index (χ1) is 10.6. The number of benzene rings is 1. The molecule has 1 saturated heterocycles. The van der Waals surface area contributed by atoms with E-state index < -0.39 is 11.1 Å². The summed E-state index contributed by atoms with van der Waals surface area (Å²) in [5, 5.41) is 21.2. The van der Waals surface area contributed by atoms with E-state index in [2.05, 4.69) is 27.1 Å². The molecule has 2 rings (SSSR count). The minimum absolute atomic E-state index is 0.114. The maximum absolute atomic E-state index is 10.4. The number of rotatable bonds is 2. The number of hydrogen-bond acceptors (Lipinski definition) is 4. The zero-order valence-corrected chi connectivity index (χ0v) is 15.4. The van der Waals surface area contributed by atoms with Crippen molar-refractivity contribution in [1.29, 1.82) is 5.26 Å². The molecule has 1 unspecified atom stereocenters. The maximum atomic E-state index is 10.4. The second-order valence-electron chi connectivity index (χ2n) is 6.87. The molecule has 1 aromatic rings. The van der Waals surface area contributed by atoms with Gasteiger partial charge in [-0.05, 0) is 62.2 Å². The molecule has 1 aliphatic heterocycles. The lowest BCUT2D eigenvalue weighted by Crippen LogP contribution is -2.48. The van der Waals surface area contributed by atoms with Gasteiger partial charge in [0.2, 0.25) is 5.96 Å². The van der Waals surface area contributed by atoms with Gasteiger partial charge in [-0.1, -0.05) is 12.1 Å². The zero-order chi connectivity index (χ0) is 17.4. The van der Waals surface area contributed by atoms with Crippen LogP contribution in [0.3, 0.4) is 0 Å². The van der Waals surface area contributed by atoms with Crippen LogP contribution in [0.15, 0.2) is 33.7 Å². The first-order valence-corrected chi connectivity index (χ1v) is 8.17. The molecule has 3 N–H and O–H groups in total. The fraction of sp³-hybridized carbons (Fsp3) is 0.500. The number of nitrogens with two attached hydrogens (primary N) is 1. The topological polar surface area (TPSA) is 88.9 Å². The fourth-order valence-corrected chi connectivity index (χ4v) is 3.48. The summed E-state index contributed by atoms with van der Waals surface area (Å²) in [6.07, 6.45) is 2.71. The van der Waals surface area contributed by atoms with Crippen molar-refractivity contribution in [1.82, 2.24) is 5.06 Å². The van der Waals surface area contributed by atoms with Gasteiger partial charge >= 0.3 is 0 Å². The molecule has 1 aliphatic rings. The molecule has 23 heavy (non-hydrogen) atoms. The summed E-state index contributed by atoms with van der Waals surface area (Å²) in [4.78, 5) is 5.82. The fourth-order valence-electron chi connectivity index (χ4n) is 3.01. The van der Waals surface area contributed by atoms with Crippen LogP contribution in [0.5, 0.6) is 0 Å². The van der Waals surface area contributed by atoms with Crippen LogP contribution in [0.2, 0.25) is 0 Å². The summed E-state index contributed by atoms with van der Waals surface area (Å²) in [5.41, 5.74) is 5.76. The van der Waals surface area contributed by atoms with Crippen molar-refractivity contribution in [2.24, 2.45) is 10.7 Å². The molecular formula is C16H22BrN5O. The molecule has 1 atom stereocenters. The van der Waals surface area contributed by atoms with Gasteiger partial charge < -0.3 is 10.9 Å². The summed E-state index contributed by atoms with van der Waals surface area (Å²) in [7, 11) is 0.